The van der Waals surface area contributed by atoms with Gasteiger partial charge in [-0.05, 0) is 45.8 Å². The number of hydrogen-bond donors (Lipinski definition) is 0. The average molecular weight is 413 g/mol. The number of rotatable bonds is 3. The normalized spacial score (nSPS) is 15.0. The third kappa shape index (κ3) is 2.59. The van der Waals surface area contributed by atoms with E-state index in [0.29, 0.717) is 11.3 Å². The van der Waals surface area contributed by atoms with Crippen LogP contribution in [0.25, 0.3) is 32.3 Å². The molecule has 6 rings (SSSR count). The van der Waals surface area contributed by atoms with E-state index in [2.05, 4.69) is 0 Å². The van der Waals surface area contributed by atoms with Gasteiger partial charge in [-0.15, -0.1) is 0 Å². The number of hydrogen-bond acceptors (Lipinski definition) is 3. The fraction of sp³-hybridized carbons (Fsp3) is 0. The molecule has 4 nitrogen and oxygen atoms in total. The highest BCUT2D eigenvalue weighted by atomic mass is 19.3. The predicted octanol–water partition coefficient (Wildman–Crippen LogP) is 5.65. The molecule has 1 heterocycles. The summed E-state index contributed by atoms with van der Waals surface area (Å²) in [4.78, 5) is 10.6. The lowest BCUT2D eigenvalue weighted by molar-refractivity contribution is -0.341. The lowest BCUT2D eigenvalue weighted by atomic mass is 9.91. The summed E-state index contributed by atoms with van der Waals surface area (Å²) in [5.74, 6) is 0.114. The second-order valence-corrected chi connectivity index (χ2v) is 7.57. The predicted molar refractivity (Wildman–Crippen MR) is 117 cm³/mol. The van der Waals surface area contributed by atoms with Crippen molar-refractivity contribution in [2.45, 2.75) is 0 Å². The Balaban J connectivity index is 1.63. The van der Waals surface area contributed by atoms with Crippen molar-refractivity contribution >= 4 is 57.7 Å². The smallest absolute Gasteiger partial charge is 0.599 e. The maximum atomic E-state index is 15.2. The van der Waals surface area contributed by atoms with E-state index in [1.54, 1.807) is 12.1 Å². The number of ether oxygens (including phenoxy) is 1. The van der Waals surface area contributed by atoms with Crippen molar-refractivity contribution in [3.8, 4) is 11.5 Å². The number of carbonyl (C=O) groups excluding carboxylic acids is 1. The van der Waals surface area contributed by atoms with Crippen LogP contribution < -0.4 is 9.39 Å². The lowest BCUT2D eigenvalue weighted by Crippen LogP contribution is -2.46. The Kier molecular flexibility index (Phi) is 3.59. The molecule has 0 radical (unpaired) electrons. The molecule has 5 aromatic rings. The maximum absolute atomic E-state index is 15.2. The van der Waals surface area contributed by atoms with Gasteiger partial charge in [-0.25, -0.2) is 0 Å². The zero-order chi connectivity index (χ0) is 21.2. The van der Waals surface area contributed by atoms with Crippen LogP contribution in [-0.4, -0.2) is 24.2 Å². The fourth-order valence-corrected chi connectivity index (χ4v) is 4.47. The number of benzene rings is 5. The van der Waals surface area contributed by atoms with Crippen LogP contribution in [0.15, 0.2) is 72.8 Å². The standard InChI is InChI=1S/C24H14BF2NO3/c26-25(27)28(13-18-6-9-19(30-14-29)12-22(18)31-25)21-11-8-17-5-4-15-2-1-3-16-7-10-20(21)24(17)23(15)16/h1-14H. The molecule has 0 bridgehead atoms. The van der Waals surface area contributed by atoms with Crippen LogP contribution in [-0.2, 0) is 4.79 Å². The van der Waals surface area contributed by atoms with E-state index in [1.807, 2.05) is 48.5 Å². The van der Waals surface area contributed by atoms with Crippen LogP contribution in [0.2, 0.25) is 0 Å². The van der Waals surface area contributed by atoms with Crippen molar-refractivity contribution < 1.29 is 27.3 Å². The van der Waals surface area contributed by atoms with Crippen molar-refractivity contribution in [2.75, 3.05) is 0 Å². The largest absolute Gasteiger partial charge is 0.834 e. The first-order valence-electron chi connectivity index (χ1n) is 9.79. The maximum Gasteiger partial charge on any atom is 0.834 e. The van der Waals surface area contributed by atoms with E-state index in [0.717, 1.165) is 36.8 Å². The van der Waals surface area contributed by atoms with Gasteiger partial charge in [0, 0.05) is 22.9 Å². The number of nitrogens with zero attached hydrogens (tertiary/aromatic N) is 1. The van der Waals surface area contributed by atoms with Gasteiger partial charge < -0.3 is 22.5 Å². The number of fused-ring (bicyclic) bond motifs is 1. The van der Waals surface area contributed by atoms with Crippen molar-refractivity contribution in [3.63, 3.8) is 0 Å². The molecule has 1 aliphatic heterocycles. The van der Waals surface area contributed by atoms with Gasteiger partial charge in [0.05, 0.1) is 11.3 Å². The lowest BCUT2D eigenvalue weighted by Gasteiger charge is -2.29. The van der Waals surface area contributed by atoms with Gasteiger partial charge in [0.1, 0.15) is 12.0 Å². The van der Waals surface area contributed by atoms with Crippen molar-refractivity contribution in [2.24, 2.45) is 0 Å². The average Bonchev–Trinajstić information content (AvgIpc) is 2.77. The molecule has 150 valence electrons. The molecule has 0 aliphatic carbocycles. The van der Waals surface area contributed by atoms with E-state index in [9.17, 15) is 4.79 Å². The van der Waals surface area contributed by atoms with Gasteiger partial charge in [0.25, 0.3) is 6.47 Å². The first-order chi connectivity index (χ1) is 15.0. The molecule has 0 N–H and O–H groups in total. The van der Waals surface area contributed by atoms with Crippen LogP contribution in [0.5, 0.6) is 11.5 Å². The Labute approximate surface area is 175 Å². The highest BCUT2D eigenvalue weighted by Gasteiger charge is 2.50. The van der Waals surface area contributed by atoms with Crippen LogP contribution >= 0.6 is 0 Å². The molecular weight excluding hydrogens is 399 g/mol. The van der Waals surface area contributed by atoms with Crippen molar-refractivity contribution in [3.05, 3.63) is 78.4 Å². The number of halogens is 2. The van der Waals surface area contributed by atoms with Crippen LogP contribution in [0.1, 0.15) is 5.56 Å². The van der Waals surface area contributed by atoms with Gasteiger partial charge in [-0.2, -0.15) is 0 Å². The SMILES string of the molecule is O=COc1ccc2c(c1)O[B-](F)(F)[N+](c1ccc3ccc4cccc5ccc1c3c45)=C2. The monoisotopic (exact) mass is 413 g/mol. The molecule has 0 aromatic heterocycles. The minimum absolute atomic E-state index is 0.0293. The van der Waals surface area contributed by atoms with Crippen LogP contribution in [0.4, 0.5) is 14.3 Å². The van der Waals surface area contributed by atoms with Gasteiger partial charge >= 0.3 is 7.04 Å². The molecule has 0 atom stereocenters. The van der Waals surface area contributed by atoms with Gasteiger partial charge in [0.15, 0.2) is 5.69 Å². The zero-order valence-electron chi connectivity index (χ0n) is 16.1. The topological polar surface area (TPSA) is 38.5 Å². The summed E-state index contributed by atoms with van der Waals surface area (Å²) in [6.07, 6.45) is 1.38. The van der Waals surface area contributed by atoms with Gasteiger partial charge in [0.2, 0.25) is 0 Å². The van der Waals surface area contributed by atoms with E-state index in [-0.39, 0.29) is 18.0 Å². The highest BCUT2D eigenvalue weighted by Crippen LogP contribution is 2.41. The van der Waals surface area contributed by atoms with Crippen LogP contribution in [0.3, 0.4) is 0 Å². The summed E-state index contributed by atoms with van der Waals surface area (Å²) < 4.78 is 41.1. The van der Waals surface area contributed by atoms with E-state index < -0.39 is 7.04 Å². The highest BCUT2D eigenvalue weighted by molar-refractivity contribution is 6.53. The molecular formula is C24H14BF2NO3. The Morgan fingerprint density at radius 2 is 1.58 bits per heavy atom. The quantitative estimate of drug-likeness (QED) is 0.218. The van der Waals surface area contributed by atoms with E-state index in [1.165, 1.54) is 18.3 Å². The minimum Gasteiger partial charge on any atom is -0.599 e. The molecule has 0 saturated carbocycles. The third-order valence-electron chi connectivity index (χ3n) is 5.82. The summed E-state index contributed by atoms with van der Waals surface area (Å²) in [6.45, 7) is 0.245. The fourth-order valence-electron chi connectivity index (χ4n) is 4.47. The summed E-state index contributed by atoms with van der Waals surface area (Å²) >= 11 is 0. The number of carbonyl (C=O) groups is 1. The first-order valence-corrected chi connectivity index (χ1v) is 9.79. The Hall–Kier alpha value is -4.00. The van der Waals surface area contributed by atoms with E-state index >= 15 is 8.63 Å². The Morgan fingerprint density at radius 1 is 0.871 bits per heavy atom. The third-order valence-corrected chi connectivity index (χ3v) is 5.82. The minimum atomic E-state index is -4.40. The second kappa shape index (κ2) is 6.25. The summed E-state index contributed by atoms with van der Waals surface area (Å²) in [5, 5.41) is 5.87. The molecule has 0 saturated heterocycles. The Bertz CT molecular complexity index is 1530. The molecule has 1 aliphatic rings. The van der Waals surface area contributed by atoms with Crippen molar-refractivity contribution in [1.82, 2.24) is 0 Å². The van der Waals surface area contributed by atoms with E-state index in [4.69, 9.17) is 9.39 Å². The molecule has 0 amide bonds. The summed E-state index contributed by atoms with van der Waals surface area (Å²) in [6, 6.07) is 21.9. The molecule has 5 aromatic carbocycles. The first kappa shape index (κ1) is 17.8. The Morgan fingerprint density at radius 3 is 2.35 bits per heavy atom. The molecule has 31 heavy (non-hydrogen) atoms. The zero-order valence-corrected chi connectivity index (χ0v) is 16.1. The van der Waals surface area contributed by atoms with Crippen molar-refractivity contribution in [1.29, 1.82) is 0 Å². The second-order valence-electron chi connectivity index (χ2n) is 7.57. The molecule has 0 fully saturated rings. The van der Waals surface area contributed by atoms with Gasteiger partial charge in [-0.3, -0.25) is 4.79 Å². The van der Waals surface area contributed by atoms with Gasteiger partial charge in [-0.1, -0.05) is 36.4 Å². The summed E-state index contributed by atoms with van der Waals surface area (Å²) in [7, 11) is -4.40. The van der Waals surface area contributed by atoms with Crippen LogP contribution in [0, 0.1) is 0 Å². The molecule has 0 unspecified atom stereocenters. The summed E-state index contributed by atoms with van der Waals surface area (Å²) in [5.41, 5.74) is 0.839. The molecule has 0 spiro atoms. The molecule has 7 heteroatoms.